The van der Waals surface area contributed by atoms with E-state index in [1.807, 2.05) is 24.9 Å². The molecular formula is C17H25N3O2. The zero-order chi connectivity index (χ0) is 15.6. The van der Waals surface area contributed by atoms with Crippen molar-refractivity contribution in [2.24, 2.45) is 0 Å². The molecule has 1 aromatic rings. The number of rotatable bonds is 2. The van der Waals surface area contributed by atoms with Crippen molar-refractivity contribution < 1.29 is 9.53 Å². The monoisotopic (exact) mass is 303 g/mol. The number of para-hydroxylation sites is 1. The van der Waals surface area contributed by atoms with Gasteiger partial charge < -0.3 is 19.4 Å². The van der Waals surface area contributed by atoms with Crippen molar-refractivity contribution in [2.45, 2.75) is 12.5 Å². The van der Waals surface area contributed by atoms with Gasteiger partial charge in [-0.05, 0) is 26.1 Å². The van der Waals surface area contributed by atoms with E-state index in [1.165, 1.54) is 5.69 Å². The molecule has 22 heavy (non-hydrogen) atoms. The van der Waals surface area contributed by atoms with Crippen LogP contribution in [0.1, 0.15) is 6.92 Å². The molecule has 1 amide bonds. The number of hydrogen-bond acceptors (Lipinski definition) is 4. The molecule has 2 fully saturated rings. The van der Waals surface area contributed by atoms with Gasteiger partial charge in [-0.1, -0.05) is 18.2 Å². The fourth-order valence-electron chi connectivity index (χ4n) is 3.34. The lowest BCUT2D eigenvalue weighted by atomic mass is 10.0. The number of carbonyl (C=O) groups is 1. The maximum absolute atomic E-state index is 12.8. The highest BCUT2D eigenvalue weighted by atomic mass is 16.5. The molecule has 2 aliphatic heterocycles. The number of piperazine rings is 1. The summed E-state index contributed by atoms with van der Waals surface area (Å²) in [5.41, 5.74) is 0.538. The maximum Gasteiger partial charge on any atom is 0.255 e. The third-order valence-electron chi connectivity index (χ3n) is 4.61. The highest BCUT2D eigenvalue weighted by Crippen LogP contribution is 2.22. The second-order valence-corrected chi connectivity index (χ2v) is 6.43. The molecule has 2 saturated heterocycles. The van der Waals surface area contributed by atoms with E-state index >= 15 is 0 Å². The lowest BCUT2D eigenvalue weighted by molar-refractivity contribution is -0.166. The van der Waals surface area contributed by atoms with Gasteiger partial charge >= 0.3 is 0 Å². The minimum Gasteiger partial charge on any atom is -0.368 e. The fraction of sp³-hybridized carbons (Fsp3) is 0.588. The Hall–Kier alpha value is -1.59. The highest BCUT2D eigenvalue weighted by molar-refractivity contribution is 5.85. The molecule has 1 atom stereocenters. The Morgan fingerprint density at radius 2 is 1.77 bits per heavy atom. The molecule has 1 aromatic carbocycles. The Labute approximate surface area is 132 Å². The quantitative estimate of drug-likeness (QED) is 0.818. The fourth-order valence-corrected chi connectivity index (χ4v) is 3.34. The van der Waals surface area contributed by atoms with Crippen molar-refractivity contribution in [3.63, 3.8) is 0 Å². The third-order valence-corrected chi connectivity index (χ3v) is 4.61. The topological polar surface area (TPSA) is 36.0 Å². The van der Waals surface area contributed by atoms with Crippen LogP contribution in [0.2, 0.25) is 0 Å². The van der Waals surface area contributed by atoms with Crippen LogP contribution in [-0.2, 0) is 9.53 Å². The van der Waals surface area contributed by atoms with E-state index in [4.69, 9.17) is 4.74 Å². The molecule has 3 rings (SSSR count). The number of likely N-dealkylation sites (N-methyl/N-ethyl adjacent to an activating group) is 1. The Morgan fingerprint density at radius 1 is 1.09 bits per heavy atom. The molecule has 0 aromatic heterocycles. The van der Waals surface area contributed by atoms with Crippen LogP contribution in [0.25, 0.3) is 0 Å². The number of nitrogens with zero attached hydrogens (tertiary/aromatic N) is 3. The molecule has 0 bridgehead atoms. The smallest absolute Gasteiger partial charge is 0.255 e. The van der Waals surface area contributed by atoms with E-state index in [0.717, 1.165) is 32.7 Å². The molecule has 1 unspecified atom stereocenters. The van der Waals surface area contributed by atoms with Gasteiger partial charge in [-0.2, -0.15) is 0 Å². The van der Waals surface area contributed by atoms with E-state index in [1.54, 1.807) is 0 Å². The second-order valence-electron chi connectivity index (χ2n) is 6.43. The average molecular weight is 303 g/mol. The highest BCUT2D eigenvalue weighted by Gasteiger charge is 2.41. The van der Waals surface area contributed by atoms with Gasteiger partial charge in [-0.3, -0.25) is 4.79 Å². The van der Waals surface area contributed by atoms with Crippen molar-refractivity contribution in [3.05, 3.63) is 30.3 Å². The molecule has 120 valence electrons. The first-order valence-electron chi connectivity index (χ1n) is 8.00. The van der Waals surface area contributed by atoms with Crippen LogP contribution in [0, 0.1) is 0 Å². The van der Waals surface area contributed by atoms with E-state index in [0.29, 0.717) is 13.2 Å². The number of morpholine rings is 1. The van der Waals surface area contributed by atoms with Crippen molar-refractivity contribution >= 4 is 11.6 Å². The summed E-state index contributed by atoms with van der Waals surface area (Å²) >= 11 is 0. The summed E-state index contributed by atoms with van der Waals surface area (Å²) in [4.78, 5) is 19.3. The van der Waals surface area contributed by atoms with Crippen molar-refractivity contribution in [1.29, 1.82) is 0 Å². The van der Waals surface area contributed by atoms with Crippen molar-refractivity contribution in [3.8, 4) is 0 Å². The van der Waals surface area contributed by atoms with Crippen LogP contribution in [-0.4, -0.2) is 74.2 Å². The average Bonchev–Trinajstić information content (AvgIpc) is 2.55. The minimum absolute atomic E-state index is 0.131. The summed E-state index contributed by atoms with van der Waals surface area (Å²) in [6, 6.07) is 10.4. The van der Waals surface area contributed by atoms with E-state index < -0.39 is 5.60 Å². The van der Waals surface area contributed by atoms with Crippen LogP contribution >= 0.6 is 0 Å². The zero-order valence-corrected chi connectivity index (χ0v) is 13.5. The van der Waals surface area contributed by atoms with Crippen molar-refractivity contribution in [1.82, 2.24) is 9.80 Å². The van der Waals surface area contributed by atoms with Crippen LogP contribution in [0.3, 0.4) is 0 Å². The van der Waals surface area contributed by atoms with Crippen LogP contribution in [0.4, 0.5) is 5.69 Å². The molecule has 0 aliphatic carbocycles. The van der Waals surface area contributed by atoms with Gasteiger partial charge in [-0.15, -0.1) is 0 Å². The second kappa shape index (κ2) is 6.26. The first-order chi connectivity index (χ1) is 10.6. The number of hydrogen-bond donors (Lipinski definition) is 0. The van der Waals surface area contributed by atoms with Gasteiger partial charge in [-0.25, -0.2) is 0 Å². The predicted octanol–water partition coefficient (Wildman–Crippen LogP) is 1.06. The Kier molecular flexibility index (Phi) is 4.36. The van der Waals surface area contributed by atoms with Gasteiger partial charge in [0.25, 0.3) is 5.91 Å². The Balaban J connectivity index is 1.60. The zero-order valence-electron chi connectivity index (χ0n) is 13.5. The Morgan fingerprint density at radius 3 is 2.41 bits per heavy atom. The first-order valence-corrected chi connectivity index (χ1v) is 8.00. The van der Waals surface area contributed by atoms with Gasteiger partial charge in [0.1, 0.15) is 0 Å². The molecule has 2 aliphatic rings. The number of amides is 1. The molecule has 2 heterocycles. The summed E-state index contributed by atoms with van der Waals surface area (Å²) < 4.78 is 5.82. The molecule has 5 heteroatoms. The lowest BCUT2D eigenvalue weighted by Gasteiger charge is -2.43. The van der Waals surface area contributed by atoms with Crippen molar-refractivity contribution in [2.75, 3.05) is 57.8 Å². The third kappa shape index (κ3) is 3.10. The number of anilines is 1. The number of benzene rings is 1. The number of ether oxygens (including phenoxy) is 1. The van der Waals surface area contributed by atoms with E-state index in [-0.39, 0.29) is 5.91 Å². The predicted molar refractivity (Wildman–Crippen MR) is 87.1 cm³/mol. The molecule has 0 N–H and O–H groups in total. The molecule has 5 nitrogen and oxygen atoms in total. The van der Waals surface area contributed by atoms with Gasteiger partial charge in [0, 0.05) is 45.0 Å². The summed E-state index contributed by atoms with van der Waals surface area (Å²) in [7, 11) is 2.04. The molecule has 0 radical (unpaired) electrons. The minimum atomic E-state index is -0.693. The molecular weight excluding hydrogens is 278 g/mol. The van der Waals surface area contributed by atoms with Crippen LogP contribution in [0.15, 0.2) is 30.3 Å². The SMILES string of the molecule is CN1CCOC(C)(C(=O)N2CCN(c3ccccc3)CC2)C1. The lowest BCUT2D eigenvalue weighted by Crippen LogP contribution is -2.61. The van der Waals surface area contributed by atoms with Gasteiger partial charge in [0.15, 0.2) is 5.60 Å². The van der Waals surface area contributed by atoms with E-state index in [9.17, 15) is 4.79 Å². The normalized spacial score (nSPS) is 27.0. The standard InChI is InChI=1S/C17H25N3O2/c1-17(14-18(2)12-13-22-17)16(21)20-10-8-19(9-11-20)15-6-4-3-5-7-15/h3-7H,8-14H2,1-2H3. The van der Waals surface area contributed by atoms with Crippen LogP contribution in [0.5, 0.6) is 0 Å². The van der Waals surface area contributed by atoms with Gasteiger partial charge in [0.05, 0.1) is 6.61 Å². The largest absolute Gasteiger partial charge is 0.368 e. The summed E-state index contributed by atoms with van der Waals surface area (Å²) in [6.07, 6.45) is 0. The van der Waals surface area contributed by atoms with Gasteiger partial charge in [0.2, 0.25) is 0 Å². The summed E-state index contributed by atoms with van der Waals surface area (Å²) in [5, 5.41) is 0. The summed E-state index contributed by atoms with van der Waals surface area (Å²) in [5.74, 6) is 0.131. The van der Waals surface area contributed by atoms with Crippen LogP contribution < -0.4 is 4.90 Å². The number of carbonyl (C=O) groups excluding carboxylic acids is 1. The first kappa shape index (κ1) is 15.3. The van der Waals surface area contributed by atoms with E-state index in [2.05, 4.69) is 34.1 Å². The Bertz CT molecular complexity index is 514. The summed E-state index contributed by atoms with van der Waals surface area (Å²) in [6.45, 7) is 7.39. The molecule has 0 saturated carbocycles. The maximum atomic E-state index is 12.8. The molecule has 0 spiro atoms.